The van der Waals surface area contributed by atoms with Crippen molar-refractivity contribution in [3.8, 4) is 11.5 Å². The number of hydrogen-bond acceptors (Lipinski definition) is 3. The van der Waals surface area contributed by atoms with Gasteiger partial charge in [-0.15, -0.1) is 0 Å². The first-order valence-corrected chi connectivity index (χ1v) is 7.43. The van der Waals surface area contributed by atoms with Gasteiger partial charge in [-0.2, -0.15) is 0 Å². The summed E-state index contributed by atoms with van der Waals surface area (Å²) in [7, 11) is 0. The summed E-state index contributed by atoms with van der Waals surface area (Å²) in [5.41, 5.74) is 0.394. The first kappa shape index (κ1) is 14.6. The predicted octanol–water partition coefficient (Wildman–Crippen LogP) is 2.98. The van der Waals surface area contributed by atoms with Crippen LogP contribution in [0.3, 0.4) is 0 Å². The summed E-state index contributed by atoms with van der Waals surface area (Å²) >= 11 is 0. The van der Waals surface area contributed by atoms with Gasteiger partial charge in [0.05, 0.1) is 12.2 Å². The van der Waals surface area contributed by atoms with Crippen molar-refractivity contribution in [2.45, 2.75) is 12.8 Å². The van der Waals surface area contributed by atoms with Gasteiger partial charge in [0, 0.05) is 12.0 Å². The van der Waals surface area contributed by atoms with Crippen LogP contribution in [0.4, 0.5) is 0 Å². The van der Waals surface area contributed by atoms with Crippen LogP contribution >= 0.6 is 0 Å². The molecule has 2 aromatic carbocycles. The van der Waals surface area contributed by atoms with Gasteiger partial charge in [0.25, 0.3) is 5.91 Å². The molecule has 114 valence electrons. The number of carbonyl (C=O) groups is 1. The Morgan fingerprint density at radius 2 is 1.77 bits per heavy atom. The summed E-state index contributed by atoms with van der Waals surface area (Å²) in [5, 5.41) is 12.2. The first-order chi connectivity index (χ1) is 10.7. The predicted molar refractivity (Wildman–Crippen MR) is 84.0 cm³/mol. The van der Waals surface area contributed by atoms with Crippen molar-refractivity contribution in [3.63, 3.8) is 0 Å². The molecule has 4 nitrogen and oxygen atoms in total. The van der Waals surface area contributed by atoms with Crippen molar-refractivity contribution in [1.29, 1.82) is 0 Å². The minimum atomic E-state index is -0.175. The number of nitrogens with one attached hydrogen (secondary N) is 1. The summed E-state index contributed by atoms with van der Waals surface area (Å²) < 4.78 is 5.79. The Hall–Kier alpha value is -2.33. The van der Waals surface area contributed by atoms with Gasteiger partial charge in [-0.05, 0) is 37.1 Å². The molecule has 1 aliphatic rings. The molecule has 1 amide bonds. The Kier molecular flexibility index (Phi) is 4.11. The fraction of sp³-hybridized carbons (Fsp3) is 0.278. The van der Waals surface area contributed by atoms with Gasteiger partial charge in [-0.25, -0.2) is 0 Å². The van der Waals surface area contributed by atoms with Crippen molar-refractivity contribution in [2.24, 2.45) is 5.41 Å². The molecule has 0 spiro atoms. The van der Waals surface area contributed by atoms with Crippen molar-refractivity contribution in [3.05, 3.63) is 60.2 Å². The molecule has 0 bridgehead atoms. The molecule has 3 rings (SSSR count). The van der Waals surface area contributed by atoms with Crippen LogP contribution in [-0.2, 0) is 0 Å². The van der Waals surface area contributed by atoms with Crippen molar-refractivity contribution in [2.75, 3.05) is 13.2 Å². The highest BCUT2D eigenvalue weighted by molar-refractivity contribution is 5.97. The molecule has 0 radical (unpaired) electrons. The van der Waals surface area contributed by atoms with E-state index in [0.717, 1.165) is 12.8 Å². The van der Waals surface area contributed by atoms with Crippen LogP contribution in [0.15, 0.2) is 54.6 Å². The van der Waals surface area contributed by atoms with Crippen LogP contribution in [0.1, 0.15) is 23.2 Å². The Bertz CT molecular complexity index is 650. The summed E-state index contributed by atoms with van der Waals surface area (Å²) in [6.07, 6.45) is 1.93. The molecular formula is C18H19NO3. The zero-order valence-corrected chi connectivity index (χ0v) is 12.3. The normalized spacial score (nSPS) is 15.1. The largest absolute Gasteiger partial charge is 0.457 e. The lowest BCUT2D eigenvalue weighted by molar-refractivity contribution is 0.0933. The second-order valence-electron chi connectivity index (χ2n) is 5.75. The third-order valence-corrected chi connectivity index (χ3v) is 4.02. The number of aliphatic hydroxyl groups is 1. The number of hydrogen-bond donors (Lipinski definition) is 2. The number of ether oxygens (including phenoxy) is 1. The molecule has 4 heteroatoms. The minimum absolute atomic E-state index is 0.106. The van der Waals surface area contributed by atoms with Crippen LogP contribution in [-0.4, -0.2) is 24.2 Å². The SMILES string of the molecule is O=C(NCC1(CO)CC1)c1ccccc1Oc1ccccc1. The maximum atomic E-state index is 12.4. The van der Waals surface area contributed by atoms with E-state index in [1.807, 2.05) is 42.5 Å². The Morgan fingerprint density at radius 1 is 1.09 bits per heavy atom. The molecule has 0 atom stereocenters. The van der Waals surface area contributed by atoms with E-state index in [1.54, 1.807) is 12.1 Å². The summed E-state index contributed by atoms with van der Waals surface area (Å²) in [5.74, 6) is 1.04. The number of carbonyl (C=O) groups excluding carboxylic acids is 1. The minimum Gasteiger partial charge on any atom is -0.457 e. The highest BCUT2D eigenvalue weighted by Gasteiger charge is 2.42. The van der Waals surface area contributed by atoms with E-state index in [0.29, 0.717) is 23.6 Å². The molecule has 1 saturated carbocycles. The highest BCUT2D eigenvalue weighted by atomic mass is 16.5. The molecule has 2 N–H and O–H groups in total. The first-order valence-electron chi connectivity index (χ1n) is 7.43. The number of amides is 1. The Balaban J connectivity index is 1.71. The van der Waals surface area contributed by atoms with Crippen LogP contribution in [0.5, 0.6) is 11.5 Å². The molecule has 1 aliphatic carbocycles. The third kappa shape index (κ3) is 3.28. The van der Waals surface area contributed by atoms with Gasteiger partial charge in [-0.3, -0.25) is 4.79 Å². The molecule has 2 aromatic rings. The van der Waals surface area contributed by atoms with E-state index in [4.69, 9.17) is 4.74 Å². The van der Waals surface area contributed by atoms with E-state index in [2.05, 4.69) is 5.32 Å². The smallest absolute Gasteiger partial charge is 0.255 e. The molecule has 0 aliphatic heterocycles. The lowest BCUT2D eigenvalue weighted by Crippen LogP contribution is -2.32. The molecule has 0 heterocycles. The van der Waals surface area contributed by atoms with Crippen molar-refractivity contribution >= 4 is 5.91 Å². The van der Waals surface area contributed by atoms with E-state index in [1.165, 1.54) is 0 Å². The van der Waals surface area contributed by atoms with Gasteiger partial charge in [-0.1, -0.05) is 30.3 Å². The number of para-hydroxylation sites is 2. The van der Waals surface area contributed by atoms with Crippen LogP contribution in [0.25, 0.3) is 0 Å². The van der Waals surface area contributed by atoms with Gasteiger partial charge in [0.1, 0.15) is 11.5 Å². The van der Waals surface area contributed by atoms with Gasteiger partial charge in [0.15, 0.2) is 0 Å². The standard InChI is InChI=1S/C18H19NO3/c20-13-18(10-11-18)12-19-17(21)15-8-4-5-9-16(15)22-14-6-2-1-3-7-14/h1-9,20H,10-13H2,(H,19,21). The molecule has 1 fully saturated rings. The fourth-order valence-corrected chi connectivity index (χ4v) is 2.29. The molecular weight excluding hydrogens is 278 g/mol. The average molecular weight is 297 g/mol. The zero-order valence-electron chi connectivity index (χ0n) is 12.3. The Labute approximate surface area is 129 Å². The molecule has 22 heavy (non-hydrogen) atoms. The lowest BCUT2D eigenvalue weighted by Gasteiger charge is -2.14. The van der Waals surface area contributed by atoms with E-state index in [9.17, 15) is 9.90 Å². The summed E-state index contributed by atoms with van der Waals surface area (Å²) in [6, 6.07) is 16.5. The second kappa shape index (κ2) is 6.20. The number of rotatable bonds is 6. The maximum Gasteiger partial charge on any atom is 0.255 e. The topological polar surface area (TPSA) is 58.6 Å². The average Bonchev–Trinajstić information content (AvgIpc) is 3.35. The fourth-order valence-electron chi connectivity index (χ4n) is 2.29. The van der Waals surface area contributed by atoms with Crippen molar-refractivity contribution in [1.82, 2.24) is 5.32 Å². The summed E-state index contributed by atoms with van der Waals surface area (Å²) in [4.78, 5) is 12.4. The van der Waals surface area contributed by atoms with Crippen LogP contribution in [0.2, 0.25) is 0 Å². The van der Waals surface area contributed by atoms with E-state index >= 15 is 0 Å². The van der Waals surface area contributed by atoms with Gasteiger partial charge in [0.2, 0.25) is 0 Å². The van der Waals surface area contributed by atoms with Crippen molar-refractivity contribution < 1.29 is 14.6 Å². The quantitative estimate of drug-likeness (QED) is 0.862. The Morgan fingerprint density at radius 3 is 2.45 bits per heavy atom. The molecule has 0 unspecified atom stereocenters. The van der Waals surface area contributed by atoms with Crippen LogP contribution < -0.4 is 10.1 Å². The van der Waals surface area contributed by atoms with E-state index < -0.39 is 0 Å². The highest BCUT2D eigenvalue weighted by Crippen LogP contribution is 2.44. The summed E-state index contributed by atoms with van der Waals surface area (Å²) in [6.45, 7) is 0.622. The molecule has 0 aromatic heterocycles. The second-order valence-corrected chi connectivity index (χ2v) is 5.75. The van der Waals surface area contributed by atoms with Gasteiger partial charge >= 0.3 is 0 Å². The monoisotopic (exact) mass is 297 g/mol. The third-order valence-electron chi connectivity index (χ3n) is 4.02. The van der Waals surface area contributed by atoms with Gasteiger partial charge < -0.3 is 15.2 Å². The number of aliphatic hydroxyl groups excluding tert-OH is 1. The van der Waals surface area contributed by atoms with Crippen LogP contribution in [0, 0.1) is 5.41 Å². The van der Waals surface area contributed by atoms with E-state index in [-0.39, 0.29) is 17.9 Å². The lowest BCUT2D eigenvalue weighted by atomic mass is 10.1. The number of benzene rings is 2. The maximum absolute atomic E-state index is 12.4. The zero-order chi connectivity index (χ0) is 15.4. The molecule has 0 saturated heterocycles.